The van der Waals surface area contributed by atoms with Gasteiger partial charge in [-0.25, -0.2) is 0 Å². The van der Waals surface area contributed by atoms with E-state index in [-0.39, 0.29) is 5.91 Å². The molecule has 2 heterocycles. The summed E-state index contributed by atoms with van der Waals surface area (Å²) in [5, 5.41) is 4.02. The molecule has 1 amide bonds. The summed E-state index contributed by atoms with van der Waals surface area (Å²) in [4.78, 5) is 14.3. The molecule has 0 radical (unpaired) electrons. The monoisotopic (exact) mass is 236 g/mol. The number of nitrogens with zero attached hydrogens (tertiary/aromatic N) is 3. The minimum Gasteiger partial charge on any atom is -0.396 e. The van der Waals surface area contributed by atoms with E-state index >= 15 is 0 Å². The number of carbonyl (C=O) groups excluding carboxylic acids is 1. The van der Waals surface area contributed by atoms with Gasteiger partial charge in [0, 0.05) is 20.1 Å². The Kier molecular flexibility index (Phi) is 3.36. The lowest BCUT2D eigenvalue weighted by molar-refractivity contribution is 0.0661. The van der Waals surface area contributed by atoms with Crippen LogP contribution < -0.4 is 5.73 Å². The Morgan fingerprint density at radius 1 is 1.65 bits per heavy atom. The molecule has 0 aromatic carbocycles. The van der Waals surface area contributed by atoms with E-state index in [1.165, 1.54) is 12.6 Å². The molecular weight excluding hydrogens is 216 g/mol. The maximum Gasteiger partial charge on any atom is 0.274 e. The summed E-state index contributed by atoms with van der Waals surface area (Å²) in [6.45, 7) is 3.86. The molecule has 1 aromatic rings. The molecule has 1 fully saturated rings. The number of aryl methyl sites for hydroxylation is 1. The number of nitrogen functional groups attached to an aromatic ring is 1. The molecule has 1 aliphatic rings. The average Bonchev–Trinajstić information content (AvgIpc) is 2.68. The normalized spacial score (nSPS) is 20.6. The summed E-state index contributed by atoms with van der Waals surface area (Å²) in [6, 6.07) is 0. The number of amides is 1. The number of hydrogen-bond donors (Lipinski definition) is 1. The second-order valence-corrected chi connectivity index (χ2v) is 4.74. The highest BCUT2D eigenvalue weighted by Gasteiger charge is 2.26. The molecule has 5 nitrogen and oxygen atoms in total. The molecule has 0 saturated carbocycles. The third-order valence-corrected chi connectivity index (χ3v) is 3.55. The zero-order valence-corrected chi connectivity index (χ0v) is 10.5. The predicted molar refractivity (Wildman–Crippen MR) is 66.5 cm³/mol. The van der Waals surface area contributed by atoms with Crippen molar-refractivity contribution in [2.24, 2.45) is 13.0 Å². The van der Waals surface area contributed by atoms with Crippen molar-refractivity contribution in [2.45, 2.75) is 26.2 Å². The average molecular weight is 236 g/mol. The Morgan fingerprint density at radius 3 is 3.00 bits per heavy atom. The molecule has 2 N–H and O–H groups in total. The van der Waals surface area contributed by atoms with Gasteiger partial charge in [0.25, 0.3) is 5.91 Å². The SMILES string of the molecule is CCC1CCCN(C(=O)c2c(N)cnn2C)C1. The van der Waals surface area contributed by atoms with E-state index in [0.29, 0.717) is 17.3 Å². The van der Waals surface area contributed by atoms with Crippen LogP contribution in [0, 0.1) is 5.92 Å². The molecule has 1 aromatic heterocycles. The second kappa shape index (κ2) is 4.77. The Bertz CT molecular complexity index is 393. The Hall–Kier alpha value is -1.52. The van der Waals surface area contributed by atoms with Crippen LogP contribution in [0.2, 0.25) is 0 Å². The maximum absolute atomic E-state index is 12.3. The number of nitrogens with two attached hydrogens (primary N) is 1. The summed E-state index contributed by atoms with van der Waals surface area (Å²) in [5.41, 5.74) is 6.77. The lowest BCUT2D eigenvalue weighted by Gasteiger charge is -2.32. The van der Waals surface area contributed by atoms with Crippen LogP contribution in [0.15, 0.2) is 6.20 Å². The van der Waals surface area contributed by atoms with Crippen LogP contribution in [0.4, 0.5) is 5.69 Å². The highest BCUT2D eigenvalue weighted by Crippen LogP contribution is 2.22. The molecule has 2 rings (SSSR count). The fourth-order valence-corrected chi connectivity index (χ4v) is 2.45. The van der Waals surface area contributed by atoms with Crippen molar-refractivity contribution in [3.8, 4) is 0 Å². The fourth-order valence-electron chi connectivity index (χ4n) is 2.45. The first-order valence-corrected chi connectivity index (χ1v) is 6.20. The van der Waals surface area contributed by atoms with E-state index in [1.807, 2.05) is 4.90 Å². The van der Waals surface area contributed by atoms with Gasteiger partial charge in [-0.3, -0.25) is 9.48 Å². The number of piperidine rings is 1. The molecule has 17 heavy (non-hydrogen) atoms. The largest absolute Gasteiger partial charge is 0.396 e. The number of likely N-dealkylation sites (tertiary alicyclic amines) is 1. The topological polar surface area (TPSA) is 64.2 Å². The van der Waals surface area contributed by atoms with Crippen LogP contribution in [0.1, 0.15) is 36.7 Å². The highest BCUT2D eigenvalue weighted by atomic mass is 16.2. The van der Waals surface area contributed by atoms with Crippen LogP contribution >= 0.6 is 0 Å². The fraction of sp³-hybridized carbons (Fsp3) is 0.667. The minimum absolute atomic E-state index is 0.0145. The van der Waals surface area contributed by atoms with E-state index in [1.54, 1.807) is 11.7 Å². The summed E-state index contributed by atoms with van der Waals surface area (Å²) in [6.07, 6.45) is 4.97. The lowest BCUT2D eigenvalue weighted by Crippen LogP contribution is -2.40. The summed E-state index contributed by atoms with van der Waals surface area (Å²) in [7, 11) is 1.75. The van der Waals surface area contributed by atoms with Gasteiger partial charge in [0.2, 0.25) is 0 Å². The molecule has 94 valence electrons. The number of rotatable bonds is 2. The number of anilines is 1. The van der Waals surface area contributed by atoms with E-state index in [0.717, 1.165) is 25.9 Å². The lowest BCUT2D eigenvalue weighted by atomic mass is 9.95. The third-order valence-electron chi connectivity index (χ3n) is 3.55. The minimum atomic E-state index is 0.0145. The van der Waals surface area contributed by atoms with E-state index in [9.17, 15) is 4.79 Å². The molecule has 1 atom stereocenters. The van der Waals surface area contributed by atoms with Gasteiger partial charge in [0.15, 0.2) is 0 Å². The van der Waals surface area contributed by atoms with Gasteiger partial charge >= 0.3 is 0 Å². The first-order chi connectivity index (χ1) is 8.13. The van der Waals surface area contributed by atoms with Crippen molar-refractivity contribution in [1.29, 1.82) is 0 Å². The molecule has 0 bridgehead atoms. The summed E-state index contributed by atoms with van der Waals surface area (Å²) < 4.78 is 1.56. The zero-order valence-electron chi connectivity index (χ0n) is 10.5. The molecule has 5 heteroatoms. The van der Waals surface area contributed by atoms with Gasteiger partial charge in [-0.05, 0) is 18.8 Å². The van der Waals surface area contributed by atoms with Crippen LogP contribution in [-0.2, 0) is 7.05 Å². The van der Waals surface area contributed by atoms with E-state index in [4.69, 9.17) is 5.73 Å². The second-order valence-electron chi connectivity index (χ2n) is 4.74. The smallest absolute Gasteiger partial charge is 0.274 e. The van der Waals surface area contributed by atoms with Crippen molar-refractivity contribution >= 4 is 11.6 Å². The van der Waals surface area contributed by atoms with Gasteiger partial charge < -0.3 is 10.6 Å². The van der Waals surface area contributed by atoms with Crippen molar-refractivity contribution < 1.29 is 4.79 Å². The number of aromatic nitrogens is 2. The van der Waals surface area contributed by atoms with Crippen molar-refractivity contribution in [3.05, 3.63) is 11.9 Å². The molecular formula is C12H20N4O. The molecule has 0 spiro atoms. The molecule has 1 aliphatic heterocycles. The zero-order chi connectivity index (χ0) is 12.4. The molecule has 1 unspecified atom stereocenters. The first kappa shape index (κ1) is 12.0. The maximum atomic E-state index is 12.3. The van der Waals surface area contributed by atoms with Crippen LogP contribution in [0.25, 0.3) is 0 Å². The van der Waals surface area contributed by atoms with Gasteiger partial charge in [0.1, 0.15) is 5.69 Å². The van der Waals surface area contributed by atoms with Gasteiger partial charge in [-0.2, -0.15) is 5.10 Å². The molecule has 1 saturated heterocycles. The highest BCUT2D eigenvalue weighted by molar-refractivity contribution is 5.97. The van der Waals surface area contributed by atoms with Crippen LogP contribution in [0.5, 0.6) is 0 Å². The van der Waals surface area contributed by atoms with Crippen LogP contribution in [0.3, 0.4) is 0 Å². The van der Waals surface area contributed by atoms with Gasteiger partial charge in [0.05, 0.1) is 11.9 Å². The third kappa shape index (κ3) is 2.28. The Balaban J connectivity index is 2.15. The van der Waals surface area contributed by atoms with E-state index in [2.05, 4.69) is 12.0 Å². The standard InChI is InChI=1S/C12H20N4O/c1-3-9-5-4-6-16(8-9)12(17)11-10(13)7-14-15(11)2/h7,9H,3-6,8,13H2,1-2H3. The summed E-state index contributed by atoms with van der Waals surface area (Å²) >= 11 is 0. The quantitative estimate of drug-likeness (QED) is 0.841. The Labute approximate surface area is 102 Å². The number of hydrogen-bond acceptors (Lipinski definition) is 3. The van der Waals surface area contributed by atoms with Crippen molar-refractivity contribution in [2.75, 3.05) is 18.8 Å². The molecule has 0 aliphatic carbocycles. The summed E-state index contributed by atoms with van der Waals surface area (Å²) in [5.74, 6) is 0.641. The van der Waals surface area contributed by atoms with Gasteiger partial charge in [-0.1, -0.05) is 13.3 Å². The van der Waals surface area contributed by atoms with Gasteiger partial charge in [-0.15, -0.1) is 0 Å². The van der Waals surface area contributed by atoms with Crippen LogP contribution in [-0.4, -0.2) is 33.7 Å². The van der Waals surface area contributed by atoms with Crippen molar-refractivity contribution in [1.82, 2.24) is 14.7 Å². The number of carbonyl (C=O) groups is 1. The predicted octanol–water partition coefficient (Wildman–Crippen LogP) is 1.26. The Morgan fingerprint density at radius 2 is 2.41 bits per heavy atom. The van der Waals surface area contributed by atoms with E-state index < -0.39 is 0 Å². The first-order valence-electron chi connectivity index (χ1n) is 6.20. The van der Waals surface area contributed by atoms with Crippen molar-refractivity contribution in [3.63, 3.8) is 0 Å².